The first-order valence-electron chi connectivity index (χ1n) is 7.16. The molecule has 0 radical (unpaired) electrons. The normalized spacial score (nSPS) is 30.0. The lowest BCUT2D eigenvalue weighted by Gasteiger charge is -2.31. The minimum Gasteiger partial charge on any atom is -0.494 e. The summed E-state index contributed by atoms with van der Waals surface area (Å²) in [5, 5.41) is 9.25. The van der Waals surface area contributed by atoms with Crippen molar-refractivity contribution in [1.29, 1.82) is 5.26 Å². The monoisotopic (exact) mass is 347 g/mol. The summed E-state index contributed by atoms with van der Waals surface area (Å²) < 4.78 is 69.5. The average molecular weight is 347 g/mol. The molecule has 0 saturated carbocycles. The molecule has 4 atom stereocenters. The zero-order chi connectivity index (χ0) is 18.3. The molecule has 0 amide bonds. The van der Waals surface area contributed by atoms with Crippen LogP contribution >= 0.6 is 0 Å². The highest BCUT2D eigenvalue weighted by Gasteiger charge is 2.64. The molecule has 0 N–H and O–H groups in total. The van der Waals surface area contributed by atoms with E-state index in [0.717, 1.165) is 6.92 Å². The Bertz CT molecular complexity index is 671. The summed E-state index contributed by atoms with van der Waals surface area (Å²) in [5.41, 5.74) is -2.37. The number of hydrogen-bond donors (Lipinski definition) is 0. The fourth-order valence-electron chi connectivity index (χ4n) is 3.09. The summed E-state index contributed by atoms with van der Waals surface area (Å²) in [4.78, 5) is 0. The third-order valence-corrected chi connectivity index (χ3v) is 4.67. The van der Waals surface area contributed by atoms with Crippen LogP contribution in [0.3, 0.4) is 0 Å². The summed E-state index contributed by atoms with van der Waals surface area (Å²) in [6.07, 6.45) is -6.05. The van der Waals surface area contributed by atoms with E-state index in [1.807, 2.05) is 0 Å². The SMILES string of the molecule is COc1ccc([C@H]2[C@H](C#N)O[C@@](C)(C(F)(F)F)[C@H]2C)c(OC)c1F. The summed E-state index contributed by atoms with van der Waals surface area (Å²) in [6, 6.07) is 4.43. The first-order valence-corrected chi connectivity index (χ1v) is 7.16. The molecule has 132 valence electrons. The Morgan fingerprint density at radius 3 is 2.33 bits per heavy atom. The third-order valence-electron chi connectivity index (χ3n) is 4.67. The zero-order valence-electron chi connectivity index (χ0n) is 13.6. The number of ether oxygens (including phenoxy) is 3. The largest absolute Gasteiger partial charge is 0.494 e. The van der Waals surface area contributed by atoms with E-state index in [9.17, 15) is 22.8 Å². The molecule has 1 aliphatic heterocycles. The van der Waals surface area contributed by atoms with Crippen molar-refractivity contribution in [2.75, 3.05) is 14.2 Å². The smallest absolute Gasteiger partial charge is 0.417 e. The lowest BCUT2D eigenvalue weighted by molar-refractivity contribution is -0.270. The second-order valence-electron chi connectivity index (χ2n) is 5.79. The van der Waals surface area contributed by atoms with Gasteiger partial charge < -0.3 is 14.2 Å². The molecule has 1 saturated heterocycles. The number of halogens is 4. The van der Waals surface area contributed by atoms with Gasteiger partial charge in [-0.2, -0.15) is 22.8 Å². The van der Waals surface area contributed by atoms with Crippen molar-refractivity contribution in [2.24, 2.45) is 5.92 Å². The van der Waals surface area contributed by atoms with Gasteiger partial charge in [0.15, 0.2) is 23.2 Å². The lowest BCUT2D eigenvalue weighted by Crippen LogP contribution is -2.46. The standard InChI is InChI=1S/C16H17F4NO3/c1-8-12(11(7-21)24-15(8,2)16(18,19)20)9-5-6-10(22-3)13(17)14(9)23-4/h5-6,8,11-12H,1-4H3/t8-,11-,12-,15+/m0/s1. The van der Waals surface area contributed by atoms with Crippen LogP contribution in [0.2, 0.25) is 0 Å². The van der Waals surface area contributed by atoms with Crippen molar-refractivity contribution in [1.82, 2.24) is 0 Å². The molecule has 0 spiro atoms. The van der Waals surface area contributed by atoms with Gasteiger partial charge in [-0.3, -0.25) is 0 Å². The minimum absolute atomic E-state index is 0.103. The molecule has 0 aliphatic carbocycles. The highest BCUT2D eigenvalue weighted by atomic mass is 19.4. The molecule has 8 heteroatoms. The fourth-order valence-corrected chi connectivity index (χ4v) is 3.09. The van der Waals surface area contributed by atoms with Gasteiger partial charge in [-0.05, 0) is 13.0 Å². The summed E-state index contributed by atoms with van der Waals surface area (Å²) in [7, 11) is 2.46. The van der Waals surface area contributed by atoms with E-state index >= 15 is 0 Å². The average Bonchev–Trinajstić information content (AvgIpc) is 2.79. The molecule has 0 aromatic heterocycles. The van der Waals surface area contributed by atoms with E-state index in [-0.39, 0.29) is 17.1 Å². The third kappa shape index (κ3) is 2.57. The van der Waals surface area contributed by atoms with Crippen LogP contribution in [0.15, 0.2) is 12.1 Å². The van der Waals surface area contributed by atoms with E-state index < -0.39 is 35.5 Å². The maximum Gasteiger partial charge on any atom is 0.417 e. The van der Waals surface area contributed by atoms with Crippen molar-refractivity contribution in [2.45, 2.75) is 37.6 Å². The van der Waals surface area contributed by atoms with Crippen molar-refractivity contribution in [3.8, 4) is 17.6 Å². The Labute approximate surface area is 136 Å². The molecule has 1 aromatic carbocycles. The van der Waals surface area contributed by atoms with Crippen LogP contribution < -0.4 is 9.47 Å². The first-order chi connectivity index (χ1) is 11.1. The van der Waals surface area contributed by atoms with Gasteiger partial charge in [0.25, 0.3) is 0 Å². The highest BCUT2D eigenvalue weighted by molar-refractivity contribution is 5.46. The van der Waals surface area contributed by atoms with Crippen LogP contribution in [0.25, 0.3) is 0 Å². The number of alkyl halides is 3. The second-order valence-corrected chi connectivity index (χ2v) is 5.79. The van der Waals surface area contributed by atoms with Gasteiger partial charge in [-0.25, -0.2) is 0 Å². The van der Waals surface area contributed by atoms with Crippen LogP contribution in [0, 0.1) is 23.1 Å². The first kappa shape index (κ1) is 18.3. The molecule has 1 aliphatic rings. The Hall–Kier alpha value is -2.01. The fraction of sp³-hybridized carbons (Fsp3) is 0.562. The van der Waals surface area contributed by atoms with Crippen molar-refractivity contribution >= 4 is 0 Å². The molecular formula is C16H17F4NO3. The van der Waals surface area contributed by atoms with E-state index in [1.165, 1.54) is 33.3 Å². The predicted molar refractivity (Wildman–Crippen MR) is 76.4 cm³/mol. The molecule has 1 heterocycles. The van der Waals surface area contributed by atoms with Crippen molar-refractivity contribution < 1.29 is 31.8 Å². The maximum atomic E-state index is 14.4. The minimum atomic E-state index is -4.67. The Balaban J connectivity index is 2.60. The zero-order valence-corrected chi connectivity index (χ0v) is 13.6. The number of benzene rings is 1. The van der Waals surface area contributed by atoms with Gasteiger partial charge in [0, 0.05) is 17.4 Å². The van der Waals surface area contributed by atoms with E-state index in [0.29, 0.717) is 0 Å². The van der Waals surface area contributed by atoms with E-state index in [1.54, 1.807) is 6.07 Å². The van der Waals surface area contributed by atoms with Gasteiger partial charge >= 0.3 is 6.18 Å². The quantitative estimate of drug-likeness (QED) is 0.781. The Morgan fingerprint density at radius 1 is 1.25 bits per heavy atom. The summed E-state index contributed by atoms with van der Waals surface area (Å²) in [5.74, 6) is -3.31. The van der Waals surface area contributed by atoms with Crippen LogP contribution in [-0.2, 0) is 4.74 Å². The van der Waals surface area contributed by atoms with Crippen molar-refractivity contribution in [3.05, 3.63) is 23.5 Å². The Morgan fingerprint density at radius 2 is 1.88 bits per heavy atom. The number of nitriles is 1. The van der Waals surface area contributed by atoms with Crippen LogP contribution in [0.5, 0.6) is 11.5 Å². The van der Waals surface area contributed by atoms with Gasteiger partial charge in [0.1, 0.15) is 0 Å². The summed E-state index contributed by atoms with van der Waals surface area (Å²) in [6.45, 7) is 2.23. The number of rotatable bonds is 3. The van der Waals surface area contributed by atoms with Crippen LogP contribution in [-0.4, -0.2) is 32.1 Å². The van der Waals surface area contributed by atoms with E-state index in [4.69, 9.17) is 14.2 Å². The number of hydrogen-bond acceptors (Lipinski definition) is 4. The van der Waals surface area contributed by atoms with E-state index in [2.05, 4.69) is 0 Å². The summed E-state index contributed by atoms with van der Waals surface area (Å²) >= 11 is 0. The van der Waals surface area contributed by atoms with Crippen LogP contribution in [0.1, 0.15) is 25.3 Å². The molecule has 24 heavy (non-hydrogen) atoms. The second kappa shape index (κ2) is 6.13. The Kier molecular flexibility index (Phi) is 4.68. The van der Waals surface area contributed by atoms with Gasteiger partial charge in [-0.1, -0.05) is 13.0 Å². The molecule has 2 rings (SSSR count). The maximum absolute atomic E-state index is 14.4. The number of methoxy groups -OCH3 is 2. The predicted octanol–water partition coefficient (Wildman–Crippen LogP) is 3.81. The molecular weight excluding hydrogens is 330 g/mol. The molecule has 0 bridgehead atoms. The molecule has 1 aromatic rings. The molecule has 4 nitrogen and oxygen atoms in total. The highest BCUT2D eigenvalue weighted by Crippen LogP contribution is 2.54. The van der Waals surface area contributed by atoms with Gasteiger partial charge in [0.05, 0.1) is 20.3 Å². The number of nitrogens with zero attached hydrogens (tertiary/aromatic N) is 1. The lowest BCUT2D eigenvalue weighted by atomic mass is 9.77. The topological polar surface area (TPSA) is 51.5 Å². The van der Waals surface area contributed by atoms with Gasteiger partial charge in [0.2, 0.25) is 5.82 Å². The molecule has 0 unspecified atom stereocenters. The molecule has 1 fully saturated rings. The van der Waals surface area contributed by atoms with Gasteiger partial charge in [-0.15, -0.1) is 0 Å². The van der Waals surface area contributed by atoms with Crippen molar-refractivity contribution in [3.63, 3.8) is 0 Å². The van der Waals surface area contributed by atoms with Crippen LogP contribution in [0.4, 0.5) is 17.6 Å².